The second-order valence-electron chi connectivity index (χ2n) is 7.74. The Kier molecular flexibility index (Phi) is 7.81. The van der Waals surface area contributed by atoms with Crippen LogP contribution in [0.4, 0.5) is 5.69 Å². The van der Waals surface area contributed by atoms with Gasteiger partial charge in [-0.2, -0.15) is 0 Å². The van der Waals surface area contributed by atoms with E-state index < -0.39 is 0 Å². The Morgan fingerprint density at radius 3 is 2.37 bits per heavy atom. The van der Waals surface area contributed by atoms with E-state index in [0.29, 0.717) is 5.16 Å². The van der Waals surface area contributed by atoms with E-state index in [0.717, 1.165) is 56.0 Å². The zero-order chi connectivity index (χ0) is 21.5. The Balaban J connectivity index is 1.40. The summed E-state index contributed by atoms with van der Waals surface area (Å²) in [5, 5.41) is 3.54. The summed E-state index contributed by atoms with van der Waals surface area (Å²) in [4.78, 5) is 34.5. The number of hydrogen-bond acceptors (Lipinski definition) is 6. The molecule has 7 nitrogen and oxygen atoms in total. The smallest absolute Gasteiger partial charge is 0.234 e. The molecule has 2 aromatic rings. The van der Waals surface area contributed by atoms with E-state index in [9.17, 15) is 9.59 Å². The van der Waals surface area contributed by atoms with Gasteiger partial charge in [0.2, 0.25) is 11.8 Å². The van der Waals surface area contributed by atoms with Crippen molar-refractivity contribution in [3.63, 3.8) is 0 Å². The average Bonchev–Trinajstić information content (AvgIpc) is 2.71. The van der Waals surface area contributed by atoms with E-state index >= 15 is 0 Å². The van der Waals surface area contributed by atoms with Crippen LogP contribution in [0.1, 0.15) is 29.8 Å². The van der Waals surface area contributed by atoms with Crippen molar-refractivity contribution in [2.45, 2.75) is 38.3 Å². The Bertz CT molecular complexity index is 859. The SMILES string of the molecule is Cc1cc(C)nc(SCC(=O)Nc2ccc(CCN3CCC(C(N)=O)CC3)cc2)n1. The number of aryl methyl sites for hydroxylation is 2. The van der Waals surface area contributed by atoms with Gasteiger partial charge in [-0.1, -0.05) is 23.9 Å². The number of thioether (sulfide) groups is 1. The van der Waals surface area contributed by atoms with Crippen molar-refractivity contribution in [3.8, 4) is 0 Å². The van der Waals surface area contributed by atoms with Gasteiger partial charge in [-0.3, -0.25) is 9.59 Å². The topological polar surface area (TPSA) is 101 Å². The molecule has 30 heavy (non-hydrogen) atoms. The van der Waals surface area contributed by atoms with Gasteiger partial charge >= 0.3 is 0 Å². The van der Waals surface area contributed by atoms with E-state index in [2.05, 4.69) is 20.2 Å². The average molecular weight is 428 g/mol. The Morgan fingerprint density at radius 2 is 1.77 bits per heavy atom. The number of aromatic nitrogens is 2. The fourth-order valence-electron chi connectivity index (χ4n) is 3.57. The van der Waals surface area contributed by atoms with Crippen LogP contribution in [0, 0.1) is 19.8 Å². The standard InChI is InChI=1S/C22H29N5O2S/c1-15-13-16(2)25-22(24-15)30-14-20(28)26-19-5-3-17(4-6-19)7-10-27-11-8-18(9-12-27)21(23)29/h3-6,13,18H,7-12,14H2,1-2H3,(H2,23,29)(H,26,28). The molecule has 2 amide bonds. The van der Waals surface area contributed by atoms with Crippen molar-refractivity contribution in [2.24, 2.45) is 11.7 Å². The minimum atomic E-state index is -0.174. The molecule has 1 fully saturated rings. The van der Waals surface area contributed by atoms with E-state index in [4.69, 9.17) is 5.73 Å². The molecule has 1 aliphatic rings. The van der Waals surface area contributed by atoms with Gasteiger partial charge in [0, 0.05) is 29.5 Å². The van der Waals surface area contributed by atoms with Crippen molar-refractivity contribution >= 4 is 29.3 Å². The van der Waals surface area contributed by atoms with Crippen LogP contribution in [-0.2, 0) is 16.0 Å². The lowest BCUT2D eigenvalue weighted by molar-refractivity contribution is -0.123. The summed E-state index contributed by atoms with van der Waals surface area (Å²) in [6.07, 6.45) is 2.65. The number of carbonyl (C=O) groups excluding carboxylic acids is 2. The van der Waals surface area contributed by atoms with Gasteiger partial charge in [0.1, 0.15) is 0 Å². The Hall–Kier alpha value is -2.45. The molecule has 1 saturated heterocycles. The molecule has 1 aromatic carbocycles. The molecule has 3 N–H and O–H groups in total. The molecule has 160 valence electrons. The number of nitrogens with zero attached hydrogens (tertiary/aromatic N) is 3. The molecular weight excluding hydrogens is 398 g/mol. The summed E-state index contributed by atoms with van der Waals surface area (Å²) in [7, 11) is 0. The second-order valence-corrected chi connectivity index (χ2v) is 8.68. The number of amides is 2. The number of rotatable bonds is 8. The molecule has 0 aliphatic carbocycles. The first kappa shape index (κ1) is 22.2. The quantitative estimate of drug-likeness (QED) is 0.496. The van der Waals surface area contributed by atoms with Crippen molar-refractivity contribution in [1.82, 2.24) is 14.9 Å². The normalized spacial score (nSPS) is 15.1. The predicted molar refractivity (Wildman–Crippen MR) is 119 cm³/mol. The number of benzene rings is 1. The molecule has 0 atom stereocenters. The molecule has 0 unspecified atom stereocenters. The minimum absolute atomic E-state index is 0.0313. The summed E-state index contributed by atoms with van der Waals surface area (Å²) in [6.45, 7) is 6.64. The summed E-state index contributed by atoms with van der Waals surface area (Å²) in [5.74, 6) is 0.0511. The van der Waals surface area contributed by atoms with Gasteiger partial charge in [0.25, 0.3) is 0 Å². The highest BCUT2D eigenvalue weighted by atomic mass is 32.2. The first-order chi connectivity index (χ1) is 14.4. The number of primary amides is 1. The zero-order valence-corrected chi connectivity index (χ0v) is 18.4. The van der Waals surface area contributed by atoms with Crippen LogP contribution < -0.4 is 11.1 Å². The van der Waals surface area contributed by atoms with Crippen molar-refractivity contribution < 1.29 is 9.59 Å². The molecule has 0 bridgehead atoms. The number of hydrogen-bond donors (Lipinski definition) is 2. The lowest BCUT2D eigenvalue weighted by Gasteiger charge is -2.30. The molecule has 0 saturated carbocycles. The van der Waals surface area contributed by atoms with Gasteiger partial charge < -0.3 is 16.0 Å². The largest absolute Gasteiger partial charge is 0.369 e. The fraction of sp³-hybridized carbons (Fsp3) is 0.455. The predicted octanol–water partition coefficient (Wildman–Crippen LogP) is 2.56. The minimum Gasteiger partial charge on any atom is -0.369 e. The third-order valence-electron chi connectivity index (χ3n) is 5.24. The van der Waals surface area contributed by atoms with Crippen LogP contribution in [-0.4, -0.2) is 52.1 Å². The first-order valence-corrected chi connectivity index (χ1v) is 11.2. The second kappa shape index (κ2) is 10.5. The van der Waals surface area contributed by atoms with Crippen LogP contribution in [0.15, 0.2) is 35.5 Å². The van der Waals surface area contributed by atoms with Crippen LogP contribution in [0.3, 0.4) is 0 Å². The fourth-order valence-corrected chi connectivity index (χ4v) is 4.32. The first-order valence-electron chi connectivity index (χ1n) is 10.2. The highest BCUT2D eigenvalue weighted by molar-refractivity contribution is 7.99. The van der Waals surface area contributed by atoms with E-state index in [1.807, 2.05) is 44.2 Å². The molecule has 0 radical (unpaired) electrons. The lowest BCUT2D eigenvalue weighted by atomic mass is 9.96. The van der Waals surface area contributed by atoms with Crippen molar-refractivity contribution in [3.05, 3.63) is 47.3 Å². The van der Waals surface area contributed by atoms with Crippen LogP contribution in [0.25, 0.3) is 0 Å². The Labute approximate surface area is 181 Å². The van der Waals surface area contributed by atoms with E-state index in [1.165, 1.54) is 17.3 Å². The number of nitrogens with two attached hydrogens (primary N) is 1. The molecule has 0 spiro atoms. The molecule has 1 aliphatic heterocycles. The van der Waals surface area contributed by atoms with E-state index in [-0.39, 0.29) is 23.5 Å². The highest BCUT2D eigenvalue weighted by Crippen LogP contribution is 2.18. The van der Waals surface area contributed by atoms with E-state index in [1.54, 1.807) is 0 Å². The van der Waals surface area contributed by atoms with Crippen LogP contribution in [0.5, 0.6) is 0 Å². The zero-order valence-electron chi connectivity index (χ0n) is 17.6. The molecular formula is C22H29N5O2S. The third kappa shape index (κ3) is 6.81. The summed E-state index contributed by atoms with van der Waals surface area (Å²) in [6, 6.07) is 9.88. The molecule has 2 heterocycles. The highest BCUT2D eigenvalue weighted by Gasteiger charge is 2.22. The van der Waals surface area contributed by atoms with Crippen LogP contribution in [0.2, 0.25) is 0 Å². The lowest BCUT2D eigenvalue weighted by Crippen LogP contribution is -2.39. The maximum atomic E-state index is 12.2. The van der Waals surface area contributed by atoms with Gasteiger partial charge in [-0.25, -0.2) is 9.97 Å². The monoisotopic (exact) mass is 427 g/mol. The number of likely N-dealkylation sites (tertiary alicyclic amines) is 1. The number of carbonyl (C=O) groups is 2. The van der Waals surface area contributed by atoms with Gasteiger partial charge in [0.15, 0.2) is 5.16 Å². The van der Waals surface area contributed by atoms with Crippen molar-refractivity contribution in [1.29, 1.82) is 0 Å². The number of anilines is 1. The maximum absolute atomic E-state index is 12.2. The van der Waals surface area contributed by atoms with Gasteiger partial charge in [-0.05, 0) is 70.0 Å². The molecule has 8 heteroatoms. The summed E-state index contributed by atoms with van der Waals surface area (Å²) < 4.78 is 0. The molecule has 3 rings (SSSR count). The number of piperidine rings is 1. The molecule has 1 aromatic heterocycles. The van der Waals surface area contributed by atoms with Gasteiger partial charge in [0.05, 0.1) is 5.75 Å². The van der Waals surface area contributed by atoms with Crippen LogP contribution >= 0.6 is 11.8 Å². The summed E-state index contributed by atoms with van der Waals surface area (Å²) >= 11 is 1.34. The van der Waals surface area contributed by atoms with Gasteiger partial charge in [-0.15, -0.1) is 0 Å². The number of nitrogens with one attached hydrogen (secondary N) is 1. The summed E-state index contributed by atoms with van der Waals surface area (Å²) in [5.41, 5.74) is 9.20. The maximum Gasteiger partial charge on any atom is 0.234 e. The Morgan fingerprint density at radius 1 is 1.13 bits per heavy atom. The third-order valence-corrected chi connectivity index (χ3v) is 6.09. The van der Waals surface area contributed by atoms with Crippen molar-refractivity contribution in [2.75, 3.05) is 30.7 Å².